The second-order valence-electron chi connectivity index (χ2n) is 14.9. The Morgan fingerprint density at radius 3 is 2.43 bits per heavy atom. The highest BCUT2D eigenvalue weighted by molar-refractivity contribution is 5.86. The monoisotopic (exact) mass is 642 g/mol. The van der Waals surface area contributed by atoms with Crippen LogP contribution in [0.3, 0.4) is 0 Å². The first kappa shape index (κ1) is 30.1. The van der Waals surface area contributed by atoms with E-state index in [1.807, 2.05) is 20.8 Å². The van der Waals surface area contributed by atoms with Crippen LogP contribution in [-0.2, 0) is 52.3 Å². The Morgan fingerprint density at radius 2 is 1.80 bits per heavy atom. The fourth-order valence-electron chi connectivity index (χ4n) is 11.8. The van der Waals surface area contributed by atoms with Crippen LogP contribution < -0.4 is 0 Å². The van der Waals surface area contributed by atoms with Crippen LogP contribution in [0.5, 0.6) is 0 Å². The Kier molecular flexibility index (Phi) is 5.51. The van der Waals surface area contributed by atoms with Crippen LogP contribution in [0.1, 0.15) is 78.9 Å². The van der Waals surface area contributed by atoms with Crippen molar-refractivity contribution in [1.82, 2.24) is 0 Å². The lowest BCUT2D eigenvalue weighted by Crippen LogP contribution is -2.92. The molecule has 4 heterocycles. The van der Waals surface area contributed by atoms with E-state index in [0.29, 0.717) is 17.6 Å². The molecule has 1 N–H and O–H groups in total. The molecule has 248 valence electrons. The third kappa shape index (κ3) is 2.83. The summed E-state index contributed by atoms with van der Waals surface area (Å²) >= 11 is 0. The Balaban J connectivity index is 1.47. The molecule has 4 bridgehead atoms. The number of hydrogen-bond acceptors (Lipinski definition) is 13. The number of hydrogen-bond donors (Lipinski definition) is 1. The number of cyclic esters (lactones) is 1. The number of carbonyl (C=O) groups excluding carboxylic acids is 4. The number of ether oxygens (including phenoxy) is 7. The first-order chi connectivity index (χ1) is 21.4. The molecule has 4 saturated carbocycles. The normalized spacial score (nSPS) is 51.9. The van der Waals surface area contributed by atoms with Crippen molar-refractivity contribution >= 4 is 23.9 Å². The molecule has 12 atom stereocenters. The molecule has 8 rings (SSSR count). The van der Waals surface area contributed by atoms with Crippen LogP contribution in [0.4, 0.5) is 0 Å². The molecule has 6 fully saturated rings. The lowest BCUT2D eigenvalue weighted by molar-refractivity contribution is -0.443. The minimum atomic E-state index is -2.04. The van der Waals surface area contributed by atoms with Crippen molar-refractivity contribution in [3.63, 3.8) is 0 Å². The van der Waals surface area contributed by atoms with E-state index in [4.69, 9.17) is 37.6 Å². The van der Waals surface area contributed by atoms with Crippen LogP contribution in [0.2, 0.25) is 0 Å². The zero-order chi connectivity index (χ0) is 33.1. The molecular formula is C33H38O13. The van der Waals surface area contributed by atoms with Crippen LogP contribution in [0, 0.1) is 22.2 Å². The predicted molar refractivity (Wildman–Crippen MR) is 150 cm³/mol. The van der Waals surface area contributed by atoms with E-state index in [9.17, 15) is 24.3 Å². The fourth-order valence-corrected chi connectivity index (χ4v) is 11.8. The van der Waals surface area contributed by atoms with Crippen molar-refractivity contribution in [2.75, 3.05) is 7.11 Å². The van der Waals surface area contributed by atoms with Gasteiger partial charge in [0, 0.05) is 55.1 Å². The molecular weight excluding hydrogens is 604 g/mol. The predicted octanol–water partition coefficient (Wildman–Crippen LogP) is 2.79. The molecule has 46 heavy (non-hydrogen) atoms. The van der Waals surface area contributed by atoms with Crippen molar-refractivity contribution in [3.05, 3.63) is 35.8 Å². The van der Waals surface area contributed by atoms with E-state index in [2.05, 4.69) is 0 Å². The summed E-state index contributed by atoms with van der Waals surface area (Å²) in [6.07, 6.45) is 1.53. The quantitative estimate of drug-likeness (QED) is 0.368. The highest BCUT2D eigenvalue weighted by atomic mass is 17.0. The number of furan rings is 1. The minimum absolute atomic E-state index is 0.0167. The number of aliphatic hydroxyl groups is 1. The Bertz CT molecular complexity index is 1630. The van der Waals surface area contributed by atoms with Gasteiger partial charge in [0.15, 0.2) is 11.7 Å². The molecule has 1 aromatic heterocycles. The van der Waals surface area contributed by atoms with Gasteiger partial charge in [-0.15, -0.1) is 0 Å². The Morgan fingerprint density at radius 1 is 1.07 bits per heavy atom. The highest BCUT2D eigenvalue weighted by Crippen LogP contribution is 2.88. The first-order valence-corrected chi connectivity index (χ1v) is 15.6. The second-order valence-corrected chi connectivity index (χ2v) is 14.9. The van der Waals surface area contributed by atoms with Crippen molar-refractivity contribution in [1.29, 1.82) is 0 Å². The van der Waals surface area contributed by atoms with E-state index in [1.54, 1.807) is 13.0 Å². The summed E-state index contributed by atoms with van der Waals surface area (Å²) in [4.78, 5) is 52.8. The SMILES string of the molecule is COC(=O)C[C@H]1[C@]2(C)C[C@]3(O)[C@@](OC(C)=O)([C@H]4OC5(C)O[C@@]6(CC[C@]7(C)C(=CC(=O)O[C@H]7c7ccoc7)[C@@]46O5)[C@]13C)[C@H]2OC(C)=O. The third-order valence-electron chi connectivity index (χ3n) is 13.0. The highest BCUT2D eigenvalue weighted by Gasteiger charge is 3.03. The van der Waals surface area contributed by atoms with E-state index < -0.39 is 92.7 Å². The average molecular weight is 643 g/mol. The van der Waals surface area contributed by atoms with Gasteiger partial charge in [0.2, 0.25) is 5.60 Å². The van der Waals surface area contributed by atoms with Gasteiger partial charge in [-0.25, -0.2) is 4.79 Å². The topological polar surface area (TPSA) is 166 Å². The van der Waals surface area contributed by atoms with Gasteiger partial charge in [-0.3, -0.25) is 14.4 Å². The smallest absolute Gasteiger partial charge is 0.331 e. The van der Waals surface area contributed by atoms with Crippen molar-refractivity contribution in [3.8, 4) is 0 Å². The molecule has 0 aromatic carbocycles. The van der Waals surface area contributed by atoms with E-state index in [0.717, 1.165) is 0 Å². The zero-order valence-corrected chi connectivity index (χ0v) is 26.8. The summed E-state index contributed by atoms with van der Waals surface area (Å²) in [6.45, 7) is 9.66. The molecule has 0 radical (unpaired) electrons. The molecule has 7 aliphatic rings. The van der Waals surface area contributed by atoms with Gasteiger partial charge in [-0.05, 0) is 36.8 Å². The average Bonchev–Trinajstić information content (AvgIpc) is 3.73. The summed E-state index contributed by atoms with van der Waals surface area (Å²) in [6, 6.07) is 1.73. The maximum atomic E-state index is 13.5. The summed E-state index contributed by atoms with van der Waals surface area (Å²) in [5.41, 5.74) is -9.44. The van der Waals surface area contributed by atoms with Gasteiger partial charge in [-0.1, -0.05) is 20.8 Å². The van der Waals surface area contributed by atoms with Crippen molar-refractivity contribution in [2.45, 2.75) is 114 Å². The number of fused-ring (bicyclic) bond motifs is 4. The van der Waals surface area contributed by atoms with Crippen LogP contribution in [0.15, 0.2) is 34.7 Å². The largest absolute Gasteiger partial charge is 0.472 e. The molecule has 1 unspecified atom stereocenters. The number of methoxy groups -OCH3 is 1. The van der Waals surface area contributed by atoms with Crippen LogP contribution in [-0.4, -0.2) is 76.7 Å². The van der Waals surface area contributed by atoms with E-state index in [1.165, 1.54) is 39.6 Å². The molecule has 1 aromatic rings. The molecule has 2 saturated heterocycles. The standard InChI is InChI=1S/C33H38O13/c1-16(34)41-24-27(4)15-30(38)28(5,19(27)12-21(36)39-7)31-10-9-26(3)20(13-22(37)42-23(26)18-8-11-40-14-18)32(31)25(33(24,30)43-17(2)35)44-29(6,45-31)46-32/h8,11,13-14,19,23-25,38H,9-10,12,15H2,1-7H3/t19-,23-,24-,25-,26+,27-,28+,29?,30+,31-,32+,33-/m0/s1. The third-order valence-corrected chi connectivity index (χ3v) is 13.0. The molecule has 13 heteroatoms. The van der Waals surface area contributed by atoms with Crippen molar-refractivity contribution in [2.24, 2.45) is 22.2 Å². The molecule has 4 aliphatic carbocycles. The summed E-state index contributed by atoms with van der Waals surface area (Å²) in [5.74, 6) is -5.07. The van der Waals surface area contributed by atoms with E-state index in [-0.39, 0.29) is 19.3 Å². The lowest BCUT2D eigenvalue weighted by atomic mass is 9.34. The summed E-state index contributed by atoms with van der Waals surface area (Å²) < 4.78 is 49.5. The van der Waals surface area contributed by atoms with Gasteiger partial charge in [0.1, 0.15) is 23.4 Å². The maximum Gasteiger partial charge on any atom is 0.331 e. The zero-order valence-electron chi connectivity index (χ0n) is 26.8. The molecule has 1 spiro atoms. The molecule has 0 amide bonds. The minimum Gasteiger partial charge on any atom is -0.472 e. The second kappa shape index (κ2) is 8.41. The van der Waals surface area contributed by atoms with Gasteiger partial charge < -0.3 is 42.7 Å². The van der Waals surface area contributed by atoms with Crippen LogP contribution >= 0.6 is 0 Å². The van der Waals surface area contributed by atoms with Gasteiger partial charge in [-0.2, -0.15) is 0 Å². The Hall–Kier alpha value is -3.26. The number of esters is 4. The number of rotatable bonds is 5. The fraction of sp³-hybridized carbons (Fsp3) is 0.697. The van der Waals surface area contributed by atoms with Crippen molar-refractivity contribution < 1.29 is 61.9 Å². The number of carbonyl (C=O) groups is 4. The summed E-state index contributed by atoms with van der Waals surface area (Å²) in [7, 11) is 1.28. The van der Waals surface area contributed by atoms with Gasteiger partial charge in [0.25, 0.3) is 5.97 Å². The van der Waals surface area contributed by atoms with E-state index >= 15 is 0 Å². The molecule has 13 nitrogen and oxygen atoms in total. The first-order valence-electron chi connectivity index (χ1n) is 15.6. The van der Waals surface area contributed by atoms with Gasteiger partial charge in [0.05, 0.1) is 19.6 Å². The summed E-state index contributed by atoms with van der Waals surface area (Å²) in [5, 5.41) is 13.4. The lowest BCUT2D eigenvalue weighted by Gasteiger charge is -2.75. The van der Waals surface area contributed by atoms with Gasteiger partial charge >= 0.3 is 23.9 Å². The molecule has 3 aliphatic heterocycles. The Labute approximate surface area is 264 Å². The van der Waals surface area contributed by atoms with Crippen LogP contribution in [0.25, 0.3) is 0 Å². The maximum absolute atomic E-state index is 13.5.